The van der Waals surface area contributed by atoms with Crippen molar-refractivity contribution in [3.63, 3.8) is 0 Å². The molecule has 1 aromatic heterocycles. The number of anilines is 2. The van der Waals surface area contributed by atoms with E-state index in [1.54, 1.807) is 25.1 Å². The van der Waals surface area contributed by atoms with Gasteiger partial charge < -0.3 is 10.1 Å². The zero-order valence-corrected chi connectivity index (χ0v) is 27.7. The molecule has 0 bridgehead atoms. The number of hydrogen-bond acceptors (Lipinski definition) is 8. The summed E-state index contributed by atoms with van der Waals surface area (Å²) in [4.78, 5) is 67.5. The van der Waals surface area contributed by atoms with Crippen LogP contribution in [0.5, 0.6) is 0 Å². The van der Waals surface area contributed by atoms with E-state index < -0.39 is 69.6 Å². The molecule has 9 nitrogen and oxygen atoms in total. The number of carbonyl (C=O) groups is 4. The number of benzene rings is 3. The number of halogens is 5. The van der Waals surface area contributed by atoms with Crippen LogP contribution in [0.2, 0.25) is 10.0 Å². The van der Waals surface area contributed by atoms with E-state index in [1.165, 1.54) is 36.4 Å². The van der Waals surface area contributed by atoms with Crippen LogP contribution in [0.25, 0.3) is 0 Å². The highest BCUT2D eigenvalue weighted by atomic mass is 35.5. The summed E-state index contributed by atoms with van der Waals surface area (Å²) in [6.45, 7) is 1.15. The van der Waals surface area contributed by atoms with Crippen LogP contribution in [-0.2, 0) is 31.8 Å². The third-order valence-corrected chi connectivity index (χ3v) is 11.2. The Morgan fingerprint density at radius 1 is 0.958 bits per heavy atom. The van der Waals surface area contributed by atoms with Gasteiger partial charge in [-0.1, -0.05) is 70.6 Å². The first-order valence-electron chi connectivity index (χ1n) is 14.3. The lowest BCUT2D eigenvalue weighted by atomic mass is 9.83. The molecule has 3 aromatic carbocycles. The Labute approximate surface area is 288 Å². The largest absolute Gasteiger partial charge is 0.462 e. The Kier molecular flexibility index (Phi) is 9.20. The van der Waals surface area contributed by atoms with E-state index in [2.05, 4.69) is 5.32 Å². The maximum atomic E-state index is 14.1. The van der Waals surface area contributed by atoms with Crippen LogP contribution < -0.4 is 15.1 Å². The van der Waals surface area contributed by atoms with Crippen molar-refractivity contribution in [2.45, 2.75) is 35.8 Å². The topological polar surface area (TPSA) is 115 Å². The number of fused-ring (bicyclic) bond motifs is 2. The van der Waals surface area contributed by atoms with Crippen molar-refractivity contribution in [2.24, 2.45) is 5.92 Å². The van der Waals surface area contributed by atoms with Gasteiger partial charge in [-0.25, -0.2) is 9.69 Å². The van der Waals surface area contributed by atoms with Gasteiger partial charge in [0, 0.05) is 10.8 Å². The highest BCUT2D eigenvalue weighted by Crippen LogP contribution is 2.55. The van der Waals surface area contributed by atoms with Gasteiger partial charge in [-0.05, 0) is 55.0 Å². The van der Waals surface area contributed by atoms with E-state index in [9.17, 15) is 37.1 Å². The number of para-hydroxylation sites is 1. The molecule has 1 saturated heterocycles. The molecule has 4 aromatic rings. The number of esters is 1. The van der Waals surface area contributed by atoms with Gasteiger partial charge in [-0.3, -0.25) is 23.7 Å². The zero-order chi connectivity index (χ0) is 34.5. The van der Waals surface area contributed by atoms with Crippen LogP contribution in [0.4, 0.5) is 24.5 Å². The predicted molar refractivity (Wildman–Crippen MR) is 175 cm³/mol. The van der Waals surface area contributed by atoms with Crippen molar-refractivity contribution in [1.29, 1.82) is 0 Å². The minimum atomic E-state index is -4.74. The van der Waals surface area contributed by atoms with Gasteiger partial charge in [0.15, 0.2) is 0 Å². The number of thiazole rings is 1. The smallest absolute Gasteiger partial charge is 0.418 e. The lowest BCUT2D eigenvalue weighted by Crippen LogP contribution is -2.33. The highest BCUT2D eigenvalue weighted by Gasteiger charge is 2.57. The first kappa shape index (κ1) is 33.8. The third kappa shape index (κ3) is 6.02. The first-order valence-corrected chi connectivity index (χ1v) is 16.7. The summed E-state index contributed by atoms with van der Waals surface area (Å²) in [6, 6.07) is 15.0. The van der Waals surface area contributed by atoms with Gasteiger partial charge in [0.1, 0.15) is 11.8 Å². The van der Waals surface area contributed by atoms with Gasteiger partial charge in [-0.2, -0.15) is 13.2 Å². The standard InChI is InChI=1S/C32H22Cl2F3N3O6S2/c1-2-46-30(44)15-10-12-16(13-11-15)40-27(42)23-22(17-6-5-8-19(33)24(17)34)26-29(47-25(23)28(40)43)39(31(45)48-26)14-21(41)38-20-9-4-3-7-18(20)32(35,36)37/h3-13,22-23,25H,2,14H2,1H3,(H,38,41)/t22-,23-,25+/m0/s1. The number of thioether (sulfide) groups is 1. The lowest BCUT2D eigenvalue weighted by Gasteiger charge is -2.31. The maximum absolute atomic E-state index is 14.1. The Bertz CT molecular complexity index is 2030. The number of ether oxygens (including phenoxy) is 1. The number of hydrogen-bond donors (Lipinski definition) is 1. The molecule has 2 aliphatic rings. The molecular weight excluding hydrogens is 714 g/mol. The molecule has 0 unspecified atom stereocenters. The molecule has 3 atom stereocenters. The van der Waals surface area contributed by atoms with Crippen LogP contribution in [0.1, 0.15) is 39.2 Å². The zero-order valence-electron chi connectivity index (χ0n) is 24.5. The maximum Gasteiger partial charge on any atom is 0.418 e. The number of nitrogens with one attached hydrogen (secondary N) is 1. The molecule has 16 heteroatoms. The fourth-order valence-corrected chi connectivity index (χ4v) is 8.93. The Morgan fingerprint density at radius 2 is 1.67 bits per heavy atom. The Hall–Kier alpha value is -4.11. The molecule has 1 fully saturated rings. The van der Waals surface area contributed by atoms with Gasteiger partial charge in [0.2, 0.25) is 17.7 Å². The summed E-state index contributed by atoms with van der Waals surface area (Å²) in [5.74, 6) is -4.66. The third-order valence-electron chi connectivity index (χ3n) is 7.81. The minimum Gasteiger partial charge on any atom is -0.462 e. The van der Waals surface area contributed by atoms with E-state index in [-0.39, 0.29) is 32.9 Å². The van der Waals surface area contributed by atoms with Gasteiger partial charge in [0.25, 0.3) is 0 Å². The van der Waals surface area contributed by atoms with Gasteiger partial charge >= 0.3 is 17.0 Å². The average Bonchev–Trinajstić information content (AvgIpc) is 3.48. The normalized spacial score (nSPS) is 18.8. The number of amides is 3. The van der Waals surface area contributed by atoms with E-state index in [4.69, 9.17) is 27.9 Å². The second kappa shape index (κ2) is 13.1. The summed E-state index contributed by atoms with van der Waals surface area (Å²) >= 11 is 14.6. The number of imide groups is 1. The molecule has 0 radical (unpaired) electrons. The second-order valence-electron chi connectivity index (χ2n) is 10.7. The summed E-state index contributed by atoms with van der Waals surface area (Å²) in [5.41, 5.74) is -0.746. The number of nitrogens with zero attached hydrogens (tertiary/aromatic N) is 2. The molecular formula is C32H22Cl2F3N3O6S2. The fourth-order valence-electron chi connectivity index (χ4n) is 5.74. The number of alkyl halides is 3. The van der Waals surface area contributed by atoms with E-state index in [1.807, 2.05) is 0 Å². The van der Waals surface area contributed by atoms with Crippen molar-refractivity contribution >= 4 is 81.4 Å². The van der Waals surface area contributed by atoms with E-state index >= 15 is 0 Å². The summed E-state index contributed by atoms with van der Waals surface area (Å²) in [7, 11) is 0. The molecule has 248 valence electrons. The SMILES string of the molecule is CCOC(=O)c1ccc(N2C(=O)[C@H]3[C@H](c4cccc(Cl)c4Cl)c4sc(=O)n(CC(=O)Nc5ccccc5C(F)(F)F)c4S[C@H]3C2=O)cc1. The summed E-state index contributed by atoms with van der Waals surface area (Å²) in [5, 5.41) is 1.63. The first-order chi connectivity index (χ1) is 22.8. The van der Waals surface area contributed by atoms with Crippen LogP contribution in [0.3, 0.4) is 0 Å². The van der Waals surface area contributed by atoms with Crippen LogP contribution in [-0.4, -0.2) is 40.1 Å². The molecule has 0 aliphatic carbocycles. The predicted octanol–water partition coefficient (Wildman–Crippen LogP) is 6.85. The van der Waals surface area contributed by atoms with Crippen molar-refractivity contribution in [3.05, 3.63) is 108 Å². The van der Waals surface area contributed by atoms with Gasteiger partial charge in [0.05, 0.1) is 50.1 Å². The minimum absolute atomic E-state index is 0.104. The Balaban J connectivity index is 1.39. The average molecular weight is 737 g/mol. The summed E-state index contributed by atoms with van der Waals surface area (Å²) in [6.07, 6.45) is -4.74. The molecule has 6 rings (SSSR count). The van der Waals surface area contributed by atoms with E-state index in [0.29, 0.717) is 10.4 Å². The van der Waals surface area contributed by atoms with Crippen molar-refractivity contribution in [2.75, 3.05) is 16.8 Å². The quantitative estimate of drug-likeness (QED) is 0.163. The second-order valence-corrected chi connectivity index (χ2v) is 13.6. The van der Waals surface area contributed by atoms with Crippen molar-refractivity contribution in [3.8, 4) is 0 Å². The van der Waals surface area contributed by atoms with Gasteiger partial charge in [-0.15, -0.1) is 0 Å². The highest BCUT2D eigenvalue weighted by molar-refractivity contribution is 8.00. The number of aromatic nitrogens is 1. The summed E-state index contributed by atoms with van der Waals surface area (Å²) < 4.78 is 46.7. The lowest BCUT2D eigenvalue weighted by molar-refractivity contribution is -0.137. The molecule has 1 N–H and O–H groups in total. The Morgan fingerprint density at radius 3 is 2.35 bits per heavy atom. The van der Waals surface area contributed by atoms with Crippen LogP contribution in [0.15, 0.2) is 76.6 Å². The monoisotopic (exact) mass is 735 g/mol. The molecule has 48 heavy (non-hydrogen) atoms. The molecule has 0 spiro atoms. The molecule has 3 heterocycles. The van der Waals surface area contributed by atoms with Crippen LogP contribution in [0, 0.1) is 5.92 Å². The van der Waals surface area contributed by atoms with Crippen molar-refractivity contribution in [1.82, 2.24) is 4.57 Å². The molecule has 3 amide bonds. The van der Waals surface area contributed by atoms with Crippen molar-refractivity contribution < 1.29 is 37.1 Å². The fraction of sp³-hybridized carbons (Fsp3) is 0.219. The van der Waals surface area contributed by atoms with Crippen LogP contribution >= 0.6 is 46.3 Å². The number of rotatable bonds is 7. The number of carbonyl (C=O) groups excluding carboxylic acids is 4. The molecule has 2 aliphatic heterocycles. The molecule has 0 saturated carbocycles. The van der Waals surface area contributed by atoms with E-state index in [0.717, 1.165) is 44.7 Å².